The second kappa shape index (κ2) is 9.36. The highest BCUT2D eigenvalue weighted by Crippen LogP contribution is 2.31. The van der Waals surface area contributed by atoms with Gasteiger partial charge in [-0.05, 0) is 67.7 Å². The van der Waals surface area contributed by atoms with Gasteiger partial charge in [0.05, 0.1) is 17.4 Å². The maximum absolute atomic E-state index is 12.7. The Hall–Kier alpha value is -3.80. The molecule has 33 heavy (non-hydrogen) atoms. The molecule has 0 atom stereocenters. The lowest BCUT2D eigenvalue weighted by Crippen LogP contribution is -2.29. The van der Waals surface area contributed by atoms with E-state index in [1.165, 1.54) is 0 Å². The summed E-state index contributed by atoms with van der Waals surface area (Å²) in [4.78, 5) is 28.6. The van der Waals surface area contributed by atoms with Crippen LogP contribution in [-0.4, -0.2) is 24.0 Å². The molecule has 2 aromatic heterocycles. The lowest BCUT2D eigenvalue weighted by atomic mass is 10.0. The van der Waals surface area contributed by atoms with Gasteiger partial charge in [-0.3, -0.25) is 4.79 Å². The zero-order valence-electron chi connectivity index (χ0n) is 19.2. The molecule has 0 saturated carbocycles. The minimum Gasteiger partial charge on any atom is -0.488 e. The van der Waals surface area contributed by atoms with Gasteiger partial charge in [-0.25, -0.2) is 4.79 Å². The van der Waals surface area contributed by atoms with E-state index in [-0.39, 0.29) is 12.3 Å². The van der Waals surface area contributed by atoms with Gasteiger partial charge in [0, 0.05) is 23.6 Å². The third-order valence-electron chi connectivity index (χ3n) is 5.69. The second-order valence-corrected chi connectivity index (χ2v) is 8.51. The van der Waals surface area contributed by atoms with Crippen molar-refractivity contribution in [2.45, 2.75) is 33.6 Å². The van der Waals surface area contributed by atoms with Gasteiger partial charge in [-0.2, -0.15) is 0 Å². The first-order valence-corrected chi connectivity index (χ1v) is 11.0. The Balaban J connectivity index is 1.51. The van der Waals surface area contributed by atoms with Crippen molar-refractivity contribution in [1.29, 1.82) is 0 Å². The number of hydrogen-bond acceptors (Lipinski definition) is 4. The Morgan fingerprint density at radius 2 is 2.00 bits per heavy atom. The highest BCUT2D eigenvalue weighted by molar-refractivity contribution is 5.90. The average molecular weight is 445 g/mol. The molecule has 6 heteroatoms. The van der Waals surface area contributed by atoms with Crippen molar-refractivity contribution < 1.29 is 13.9 Å². The zero-order chi connectivity index (χ0) is 23.5. The number of ether oxygens (including phenoxy) is 1. The van der Waals surface area contributed by atoms with Crippen LogP contribution >= 0.6 is 0 Å². The van der Waals surface area contributed by atoms with E-state index in [2.05, 4.69) is 22.9 Å². The van der Waals surface area contributed by atoms with E-state index < -0.39 is 5.63 Å². The van der Waals surface area contributed by atoms with Crippen molar-refractivity contribution in [2.24, 2.45) is 0 Å². The molecule has 6 nitrogen and oxygen atoms in total. The predicted molar refractivity (Wildman–Crippen MR) is 131 cm³/mol. The van der Waals surface area contributed by atoms with Gasteiger partial charge in [0.25, 0.3) is 0 Å². The molecule has 0 radical (unpaired) electrons. The van der Waals surface area contributed by atoms with Gasteiger partial charge in [0.15, 0.2) is 0 Å². The van der Waals surface area contributed by atoms with E-state index in [9.17, 15) is 9.59 Å². The summed E-state index contributed by atoms with van der Waals surface area (Å²) in [5.41, 5.74) is 5.02. The monoisotopic (exact) mass is 444 g/mol. The third kappa shape index (κ3) is 4.85. The van der Waals surface area contributed by atoms with E-state index in [1.807, 2.05) is 57.3 Å². The molecule has 0 spiro atoms. The van der Waals surface area contributed by atoms with Crippen LogP contribution in [0.25, 0.3) is 21.9 Å². The molecule has 2 aromatic carbocycles. The molecule has 0 aliphatic carbocycles. The Morgan fingerprint density at radius 3 is 2.79 bits per heavy atom. The fraction of sp³-hybridized carbons (Fsp3) is 0.259. The van der Waals surface area contributed by atoms with E-state index in [4.69, 9.17) is 9.15 Å². The molecule has 0 saturated heterocycles. The van der Waals surface area contributed by atoms with Crippen LogP contribution in [0.5, 0.6) is 5.75 Å². The first-order valence-electron chi connectivity index (χ1n) is 11.0. The highest BCUT2D eigenvalue weighted by atomic mass is 16.5. The molecule has 2 heterocycles. The van der Waals surface area contributed by atoms with Crippen molar-refractivity contribution in [1.82, 2.24) is 10.3 Å². The first-order chi connectivity index (χ1) is 15.8. The van der Waals surface area contributed by atoms with Crippen molar-refractivity contribution >= 4 is 27.8 Å². The molecule has 0 fully saturated rings. The molecule has 0 aliphatic heterocycles. The van der Waals surface area contributed by atoms with Crippen LogP contribution in [0.1, 0.15) is 29.2 Å². The fourth-order valence-corrected chi connectivity index (χ4v) is 4.05. The van der Waals surface area contributed by atoms with Gasteiger partial charge in [-0.1, -0.05) is 24.8 Å². The summed E-state index contributed by atoms with van der Waals surface area (Å²) in [6, 6.07) is 11.8. The van der Waals surface area contributed by atoms with Crippen molar-refractivity contribution in [3.8, 4) is 5.75 Å². The summed E-state index contributed by atoms with van der Waals surface area (Å²) in [5, 5.41) is 4.78. The van der Waals surface area contributed by atoms with Crippen LogP contribution < -0.4 is 15.7 Å². The van der Waals surface area contributed by atoms with Crippen molar-refractivity contribution in [3.05, 3.63) is 87.4 Å². The van der Waals surface area contributed by atoms with Crippen LogP contribution in [0.4, 0.5) is 0 Å². The molecule has 0 unspecified atom stereocenters. The van der Waals surface area contributed by atoms with Gasteiger partial charge in [0.1, 0.15) is 17.9 Å². The number of H-pyrrole nitrogens is 1. The molecule has 0 bridgehead atoms. The maximum Gasteiger partial charge on any atom is 0.340 e. The van der Waals surface area contributed by atoms with E-state index in [0.717, 1.165) is 27.6 Å². The number of fused-ring (bicyclic) bond motifs is 2. The lowest BCUT2D eigenvalue weighted by Gasteiger charge is -2.14. The van der Waals surface area contributed by atoms with Gasteiger partial charge >= 0.3 is 5.63 Å². The topological polar surface area (TPSA) is 84.3 Å². The third-order valence-corrected chi connectivity index (χ3v) is 5.69. The Bertz CT molecular complexity index is 1410. The molecule has 4 rings (SSSR count). The standard InChI is InChI=1S/C27H28N2O4/c1-16(2)15-32-23-11-17(3)12-24-26(23)18(4)21(27(31)33-24)13-25(30)28-10-9-19-14-29-22-8-6-5-7-20(19)22/h5-8,11-12,14,29H,1,9-10,13,15H2,2-4H3,(H,28,30). The van der Waals surface area contributed by atoms with Crippen LogP contribution in [0, 0.1) is 13.8 Å². The second-order valence-electron chi connectivity index (χ2n) is 8.51. The molecule has 170 valence electrons. The molecule has 2 N–H and O–H groups in total. The van der Waals surface area contributed by atoms with Crippen molar-refractivity contribution in [2.75, 3.05) is 13.2 Å². The quantitative estimate of drug-likeness (QED) is 0.303. The van der Waals surface area contributed by atoms with Crippen LogP contribution in [0.3, 0.4) is 0 Å². The first kappa shape index (κ1) is 22.4. The minimum absolute atomic E-state index is 0.0498. The van der Waals surface area contributed by atoms with Crippen LogP contribution in [-0.2, 0) is 17.6 Å². The van der Waals surface area contributed by atoms with Crippen LogP contribution in [0.2, 0.25) is 0 Å². The number of aromatic amines is 1. The number of benzene rings is 2. The summed E-state index contributed by atoms with van der Waals surface area (Å²) in [7, 11) is 0. The molecular formula is C27H28N2O4. The Morgan fingerprint density at radius 1 is 1.21 bits per heavy atom. The summed E-state index contributed by atoms with van der Waals surface area (Å²) >= 11 is 0. The summed E-state index contributed by atoms with van der Waals surface area (Å²) in [6.45, 7) is 10.3. The number of aryl methyl sites for hydroxylation is 2. The number of rotatable bonds is 8. The number of amides is 1. The van der Waals surface area contributed by atoms with Gasteiger partial charge in [0.2, 0.25) is 5.91 Å². The van der Waals surface area contributed by atoms with E-state index in [1.54, 1.807) is 0 Å². The summed E-state index contributed by atoms with van der Waals surface area (Å²) in [6.07, 6.45) is 2.61. The smallest absolute Gasteiger partial charge is 0.340 e. The van der Waals surface area contributed by atoms with Gasteiger partial charge in [-0.15, -0.1) is 0 Å². The van der Waals surface area contributed by atoms with E-state index >= 15 is 0 Å². The normalized spacial score (nSPS) is 11.1. The number of hydrogen-bond donors (Lipinski definition) is 2. The van der Waals surface area contributed by atoms with E-state index in [0.29, 0.717) is 47.4 Å². The van der Waals surface area contributed by atoms with Gasteiger partial charge < -0.3 is 19.5 Å². The summed E-state index contributed by atoms with van der Waals surface area (Å²) in [5.74, 6) is 0.399. The SMILES string of the molecule is C=C(C)COc1cc(C)cc2oc(=O)c(CC(=O)NCCc3c[nH]c4ccccc34)c(C)c12. The Kier molecular flexibility index (Phi) is 6.36. The van der Waals surface area contributed by atoms with Crippen molar-refractivity contribution in [3.63, 3.8) is 0 Å². The molecule has 4 aromatic rings. The zero-order valence-corrected chi connectivity index (χ0v) is 19.2. The predicted octanol–water partition coefficient (Wildman–Crippen LogP) is 4.75. The fourth-order valence-electron chi connectivity index (χ4n) is 4.05. The number of carbonyl (C=O) groups excluding carboxylic acids is 1. The molecule has 0 aliphatic rings. The Labute approximate surface area is 192 Å². The van der Waals surface area contributed by atoms with Crippen LogP contribution in [0.15, 0.2) is 64.0 Å². The maximum atomic E-state index is 12.7. The number of nitrogens with one attached hydrogen (secondary N) is 2. The largest absolute Gasteiger partial charge is 0.488 e. The number of aromatic nitrogens is 1. The molecule has 1 amide bonds. The lowest BCUT2D eigenvalue weighted by molar-refractivity contribution is -0.120. The average Bonchev–Trinajstić information content (AvgIpc) is 3.17. The molecular weight excluding hydrogens is 416 g/mol. The minimum atomic E-state index is -0.497. The highest BCUT2D eigenvalue weighted by Gasteiger charge is 2.18. The number of para-hydroxylation sites is 1. The number of carbonyl (C=O) groups is 1. The summed E-state index contributed by atoms with van der Waals surface area (Å²) < 4.78 is 11.5.